The minimum absolute atomic E-state index is 0.229. The predicted octanol–water partition coefficient (Wildman–Crippen LogP) is -1.31. The Morgan fingerprint density at radius 2 is 1.71 bits per heavy atom. The van der Waals surface area contributed by atoms with Crippen LogP contribution in [0.4, 0.5) is 0 Å². The molecule has 0 aliphatic carbocycles. The monoisotopic (exact) mass is 196 g/mol. The first kappa shape index (κ1) is 14.5. The number of nitrogens with two attached hydrogens (primary N) is 2. The number of allylic oxidation sites excluding steroid dienone is 2. The lowest BCUT2D eigenvalue weighted by molar-refractivity contribution is 0.131. The third kappa shape index (κ3) is 8.08. The first-order chi connectivity index (χ1) is 6.53. The van der Waals surface area contributed by atoms with Crippen LogP contribution in [0.25, 0.3) is 0 Å². The number of aliphatic hydroxyl groups is 2. The van der Waals surface area contributed by atoms with Gasteiger partial charge in [0.2, 0.25) is 0 Å². The van der Waals surface area contributed by atoms with E-state index < -0.39 is 6.10 Å². The molecule has 1 atom stereocenters. The maximum Gasteiger partial charge on any atom is 0.145 e. The summed E-state index contributed by atoms with van der Waals surface area (Å²) in [6.45, 7) is 2.99. The molecule has 14 heavy (non-hydrogen) atoms. The topological polar surface area (TPSA) is 140 Å². The molecule has 0 fully saturated rings. The first-order valence-corrected chi connectivity index (χ1v) is 3.50. The lowest BCUT2D eigenvalue weighted by atomic mass is 10.4. The Balaban J connectivity index is 0. The molecule has 0 aromatic heterocycles. The largest absolute Gasteiger partial charge is 0.393 e. The molecule has 0 aliphatic heterocycles. The minimum atomic E-state index is -0.745. The van der Waals surface area contributed by atoms with Gasteiger partial charge in [-0.15, -0.1) is 6.58 Å². The van der Waals surface area contributed by atoms with Crippen LogP contribution in [-0.4, -0.2) is 22.9 Å². The molecule has 1 unspecified atom stereocenters. The van der Waals surface area contributed by atoms with E-state index in [9.17, 15) is 0 Å². The summed E-state index contributed by atoms with van der Waals surface area (Å²) >= 11 is 0. The second-order valence-electron chi connectivity index (χ2n) is 2.04. The number of aliphatic hydroxyl groups excluding tert-OH is 2. The van der Waals surface area contributed by atoms with Crippen LogP contribution in [0.3, 0.4) is 0 Å². The fourth-order valence-corrected chi connectivity index (χ4v) is 0.195. The highest BCUT2D eigenvalue weighted by molar-refractivity contribution is 5.31. The molecule has 0 aliphatic rings. The highest BCUT2D eigenvalue weighted by atomic mass is 16.3. The summed E-state index contributed by atoms with van der Waals surface area (Å²) in [5.74, 6) is 0. The Kier molecular flexibility index (Phi) is 9.40. The number of nitriles is 2. The van der Waals surface area contributed by atoms with Crippen LogP contribution in [0.1, 0.15) is 0 Å². The quantitative estimate of drug-likeness (QED) is 0.319. The summed E-state index contributed by atoms with van der Waals surface area (Å²) in [4.78, 5) is 0. The van der Waals surface area contributed by atoms with Crippen molar-refractivity contribution in [3.8, 4) is 12.1 Å². The van der Waals surface area contributed by atoms with Gasteiger partial charge in [-0.1, -0.05) is 6.08 Å². The second-order valence-corrected chi connectivity index (χ2v) is 2.04. The normalized spacial score (nSPS) is 12.0. The van der Waals surface area contributed by atoms with E-state index in [1.54, 1.807) is 0 Å². The van der Waals surface area contributed by atoms with E-state index in [0.717, 1.165) is 0 Å². The third-order valence-electron chi connectivity index (χ3n) is 0.990. The molecule has 0 bridgehead atoms. The second kappa shape index (κ2) is 9.07. The van der Waals surface area contributed by atoms with E-state index in [2.05, 4.69) is 6.58 Å². The number of hydrogen-bond donors (Lipinski definition) is 4. The molecule has 6 nitrogen and oxygen atoms in total. The molecular weight excluding hydrogens is 184 g/mol. The standard InChI is InChI=1S/C4H4N4.C4H8O2/c5-1-3(7)4(8)2-6;1-2-4(6)3-5/h7-8H2;2,4-6H,1,3H2/b4-3-;. The number of hydrogen-bond acceptors (Lipinski definition) is 6. The zero-order chi connectivity index (χ0) is 11.6. The molecule has 0 amide bonds. The lowest BCUT2D eigenvalue weighted by Crippen LogP contribution is -2.05. The van der Waals surface area contributed by atoms with Crippen LogP contribution in [0.5, 0.6) is 0 Å². The van der Waals surface area contributed by atoms with Crippen LogP contribution < -0.4 is 11.5 Å². The Morgan fingerprint density at radius 3 is 1.79 bits per heavy atom. The van der Waals surface area contributed by atoms with Crippen molar-refractivity contribution in [1.29, 1.82) is 10.5 Å². The average molecular weight is 196 g/mol. The van der Waals surface area contributed by atoms with Crippen molar-refractivity contribution in [3.63, 3.8) is 0 Å². The van der Waals surface area contributed by atoms with Gasteiger partial charge in [0.1, 0.15) is 23.5 Å². The van der Waals surface area contributed by atoms with E-state index in [0.29, 0.717) is 0 Å². The fourth-order valence-electron chi connectivity index (χ4n) is 0.195. The van der Waals surface area contributed by atoms with Crippen molar-refractivity contribution in [1.82, 2.24) is 0 Å². The molecule has 76 valence electrons. The first-order valence-electron chi connectivity index (χ1n) is 3.50. The summed E-state index contributed by atoms with van der Waals surface area (Å²) in [5.41, 5.74) is 9.34. The van der Waals surface area contributed by atoms with Gasteiger partial charge in [-0.05, 0) is 0 Å². The van der Waals surface area contributed by atoms with Crippen LogP contribution in [0.2, 0.25) is 0 Å². The van der Waals surface area contributed by atoms with E-state index >= 15 is 0 Å². The van der Waals surface area contributed by atoms with Crippen molar-refractivity contribution in [2.75, 3.05) is 6.61 Å². The van der Waals surface area contributed by atoms with E-state index in [-0.39, 0.29) is 18.0 Å². The van der Waals surface area contributed by atoms with Crippen LogP contribution in [0.15, 0.2) is 24.0 Å². The zero-order valence-corrected chi connectivity index (χ0v) is 7.51. The van der Waals surface area contributed by atoms with Crippen LogP contribution in [0, 0.1) is 22.7 Å². The lowest BCUT2D eigenvalue weighted by Gasteiger charge is -1.93. The van der Waals surface area contributed by atoms with Gasteiger partial charge >= 0.3 is 0 Å². The van der Waals surface area contributed by atoms with Gasteiger partial charge in [-0.3, -0.25) is 0 Å². The Morgan fingerprint density at radius 1 is 1.36 bits per heavy atom. The van der Waals surface area contributed by atoms with Crippen molar-refractivity contribution >= 4 is 0 Å². The van der Waals surface area contributed by atoms with Gasteiger partial charge in [0, 0.05) is 0 Å². The Bertz CT molecular complexity index is 263. The average Bonchev–Trinajstić information content (AvgIpc) is 2.26. The molecule has 0 aromatic rings. The molecule has 0 spiro atoms. The zero-order valence-electron chi connectivity index (χ0n) is 7.51. The maximum atomic E-state index is 8.30. The Hall–Kier alpha value is -2.02. The summed E-state index contributed by atoms with van der Waals surface area (Å²) in [5, 5.41) is 32.3. The SMILES string of the molecule is C=CC(O)CO.N#C/C(N)=C(/N)C#N. The molecule has 0 saturated heterocycles. The molecule has 6 heteroatoms. The van der Waals surface area contributed by atoms with Crippen LogP contribution in [-0.2, 0) is 0 Å². The van der Waals surface area contributed by atoms with Crippen LogP contribution >= 0.6 is 0 Å². The summed E-state index contributed by atoms with van der Waals surface area (Å²) in [7, 11) is 0. The minimum Gasteiger partial charge on any atom is -0.393 e. The van der Waals surface area contributed by atoms with Gasteiger partial charge in [0.15, 0.2) is 0 Å². The molecule has 0 aromatic carbocycles. The maximum absolute atomic E-state index is 8.30. The summed E-state index contributed by atoms with van der Waals surface area (Å²) < 4.78 is 0. The van der Waals surface area contributed by atoms with Gasteiger partial charge in [0.05, 0.1) is 12.7 Å². The van der Waals surface area contributed by atoms with E-state index in [4.69, 9.17) is 32.2 Å². The smallest absolute Gasteiger partial charge is 0.145 e. The van der Waals surface area contributed by atoms with Gasteiger partial charge in [-0.2, -0.15) is 10.5 Å². The predicted molar refractivity (Wildman–Crippen MR) is 49.9 cm³/mol. The third-order valence-corrected chi connectivity index (χ3v) is 0.990. The van der Waals surface area contributed by atoms with Crippen molar-refractivity contribution in [2.24, 2.45) is 11.5 Å². The molecule has 0 radical (unpaired) electrons. The molecule has 0 saturated carbocycles. The van der Waals surface area contributed by atoms with Crippen molar-refractivity contribution < 1.29 is 10.2 Å². The van der Waals surface area contributed by atoms with Crippen molar-refractivity contribution in [3.05, 3.63) is 24.0 Å². The molecule has 0 heterocycles. The highest BCUT2D eigenvalue weighted by Crippen LogP contribution is 1.83. The molecular formula is C8H12N4O2. The summed E-state index contributed by atoms with van der Waals surface area (Å²) in [6.07, 6.45) is 0.532. The number of nitrogens with zero attached hydrogens (tertiary/aromatic N) is 2. The van der Waals surface area contributed by atoms with Gasteiger partial charge in [-0.25, -0.2) is 0 Å². The van der Waals surface area contributed by atoms with E-state index in [1.165, 1.54) is 18.2 Å². The van der Waals surface area contributed by atoms with Crippen molar-refractivity contribution in [2.45, 2.75) is 6.10 Å². The molecule has 0 rings (SSSR count). The number of rotatable bonds is 2. The Labute approximate surface area is 82.0 Å². The molecule has 6 N–H and O–H groups in total. The highest BCUT2D eigenvalue weighted by Gasteiger charge is 1.91. The van der Waals surface area contributed by atoms with Gasteiger partial charge < -0.3 is 21.7 Å². The fraction of sp³-hybridized carbons (Fsp3) is 0.250. The summed E-state index contributed by atoms with van der Waals surface area (Å²) in [6, 6.07) is 3.05. The van der Waals surface area contributed by atoms with E-state index in [1.807, 2.05) is 0 Å². The van der Waals surface area contributed by atoms with Gasteiger partial charge in [0.25, 0.3) is 0 Å².